The third kappa shape index (κ3) is 5.63. The van der Waals surface area contributed by atoms with E-state index in [0.717, 1.165) is 46.2 Å². The maximum absolute atomic E-state index is 6.77. The molecule has 0 saturated heterocycles. The van der Waals surface area contributed by atoms with Crippen molar-refractivity contribution >= 4 is 21.8 Å². The lowest BCUT2D eigenvalue weighted by Gasteiger charge is -2.32. The summed E-state index contributed by atoms with van der Waals surface area (Å²) in [6.07, 6.45) is 6.53. The number of fused-ring (bicyclic) bond motifs is 3. The molecule has 0 aliphatic heterocycles. The predicted molar refractivity (Wildman–Crippen MR) is 199 cm³/mol. The summed E-state index contributed by atoms with van der Waals surface area (Å²) in [6.45, 7) is 20.4. The topological polar surface area (TPSA) is 44.9 Å². The summed E-state index contributed by atoms with van der Waals surface area (Å²) >= 11 is 0. The zero-order valence-electron chi connectivity index (χ0n) is 29.9. The normalized spacial score (nSPS) is 18.4. The van der Waals surface area contributed by atoms with Gasteiger partial charge in [-0.3, -0.25) is 4.57 Å². The van der Waals surface area contributed by atoms with Crippen LogP contribution < -0.4 is 4.74 Å². The molecule has 6 aromatic rings. The van der Waals surface area contributed by atoms with Crippen molar-refractivity contribution in [1.29, 1.82) is 0 Å². The van der Waals surface area contributed by atoms with E-state index in [2.05, 4.69) is 150 Å². The number of hydrogen-bond donors (Lipinski definition) is 0. The number of hydrogen-bond acceptors (Lipinski definition) is 3. The second-order valence-electron chi connectivity index (χ2n) is 15.0. The summed E-state index contributed by atoms with van der Waals surface area (Å²) in [7, 11) is 0. The first-order chi connectivity index (χ1) is 22.9. The Labute approximate surface area is 285 Å². The van der Waals surface area contributed by atoms with Crippen LogP contribution in [0.5, 0.6) is 11.5 Å². The molecule has 3 aromatic carbocycles. The number of rotatable bonds is 6. The minimum atomic E-state index is -0.0766. The summed E-state index contributed by atoms with van der Waals surface area (Å²) in [5.74, 6) is 4.09. The largest absolute Gasteiger partial charge is 0.457 e. The van der Waals surface area contributed by atoms with Crippen molar-refractivity contribution in [2.45, 2.75) is 86.5 Å². The summed E-state index contributed by atoms with van der Waals surface area (Å²) in [5, 5.41) is 7.54. The molecule has 0 fully saturated rings. The van der Waals surface area contributed by atoms with Gasteiger partial charge in [0.05, 0.1) is 22.4 Å². The standard InChI is InChI=1S/C43H48N4O/c1-10-31-17-18-44-40(21-31)46-38-14-12-11-13-36(38)37-16-15-34(25-39(37)46)48-35-23-32(43(7,8)9)22-33(24-35)47-30(6)42(29(5)45-47)41-27(3)19-26(2)20-28(41)4/h11-19,21-26,28,41H,10,20H2,1-9H3/t26-,28-,41?/m0/s1. The molecule has 0 radical (unpaired) electrons. The van der Waals surface area contributed by atoms with Crippen LogP contribution in [0.25, 0.3) is 33.3 Å². The van der Waals surface area contributed by atoms with Gasteiger partial charge >= 0.3 is 0 Å². The summed E-state index contributed by atoms with van der Waals surface area (Å²) < 4.78 is 11.2. The first kappa shape index (κ1) is 31.9. The van der Waals surface area contributed by atoms with Crippen molar-refractivity contribution in [3.05, 3.63) is 119 Å². The second kappa shape index (κ2) is 12.1. The first-order valence-corrected chi connectivity index (χ1v) is 17.5. The molecule has 0 spiro atoms. The predicted octanol–water partition coefficient (Wildman–Crippen LogP) is 11.3. The van der Waals surface area contributed by atoms with Crippen LogP contribution in [0.4, 0.5) is 0 Å². The molecule has 5 heteroatoms. The van der Waals surface area contributed by atoms with Gasteiger partial charge in [0.1, 0.15) is 17.3 Å². The Bertz CT molecular complexity index is 2190. The molecule has 1 aliphatic rings. The minimum Gasteiger partial charge on any atom is -0.457 e. The van der Waals surface area contributed by atoms with E-state index < -0.39 is 0 Å². The molecule has 3 atom stereocenters. The van der Waals surface area contributed by atoms with E-state index in [-0.39, 0.29) is 5.41 Å². The third-order valence-electron chi connectivity index (χ3n) is 10.3. The number of para-hydroxylation sites is 1. The number of ether oxygens (including phenoxy) is 1. The van der Waals surface area contributed by atoms with Gasteiger partial charge in [-0.15, -0.1) is 0 Å². The molecule has 246 valence electrons. The number of allylic oxidation sites excluding steroid dienone is 2. The van der Waals surface area contributed by atoms with Crippen LogP contribution in [-0.2, 0) is 11.8 Å². The van der Waals surface area contributed by atoms with E-state index in [9.17, 15) is 0 Å². The number of pyridine rings is 1. The lowest BCUT2D eigenvalue weighted by atomic mass is 9.72. The van der Waals surface area contributed by atoms with Crippen molar-refractivity contribution < 1.29 is 4.74 Å². The Kier molecular flexibility index (Phi) is 8.06. The fourth-order valence-electron chi connectivity index (χ4n) is 8.06. The highest BCUT2D eigenvalue weighted by Crippen LogP contribution is 2.43. The SMILES string of the molecule is CCc1ccnc(-n2c3ccccc3c3ccc(Oc4cc(-n5nc(C)c(C6C(C)=C[C@H](C)C[C@@H]6C)c5C)cc(C(C)(C)C)c4)cc32)c1. The molecule has 3 aromatic heterocycles. The maximum Gasteiger partial charge on any atom is 0.137 e. The van der Waals surface area contributed by atoms with Crippen molar-refractivity contribution in [2.75, 3.05) is 0 Å². The fraction of sp³-hybridized carbons (Fsp3) is 0.349. The van der Waals surface area contributed by atoms with Crippen molar-refractivity contribution in [3.8, 4) is 23.0 Å². The zero-order valence-corrected chi connectivity index (χ0v) is 29.9. The Morgan fingerprint density at radius 3 is 2.38 bits per heavy atom. The highest BCUT2D eigenvalue weighted by molar-refractivity contribution is 6.09. The lowest BCUT2D eigenvalue weighted by molar-refractivity contribution is 0.390. The minimum absolute atomic E-state index is 0.0766. The van der Waals surface area contributed by atoms with Gasteiger partial charge in [0.2, 0.25) is 0 Å². The molecule has 48 heavy (non-hydrogen) atoms. The average molecular weight is 637 g/mol. The fourth-order valence-corrected chi connectivity index (χ4v) is 8.06. The molecule has 0 bridgehead atoms. The molecule has 5 nitrogen and oxygen atoms in total. The summed E-state index contributed by atoms with van der Waals surface area (Å²) in [5.41, 5.74) is 10.8. The molecule has 0 saturated carbocycles. The summed E-state index contributed by atoms with van der Waals surface area (Å²) in [4.78, 5) is 4.80. The Balaban J connectivity index is 1.33. The van der Waals surface area contributed by atoms with E-state index in [4.69, 9.17) is 14.8 Å². The molecule has 0 amide bonds. The molecule has 0 N–H and O–H groups in total. The van der Waals surface area contributed by atoms with Crippen LogP contribution in [0.2, 0.25) is 0 Å². The Morgan fingerprint density at radius 2 is 1.62 bits per heavy atom. The highest BCUT2D eigenvalue weighted by Gasteiger charge is 2.31. The first-order valence-electron chi connectivity index (χ1n) is 17.5. The maximum atomic E-state index is 6.77. The Hall–Kier alpha value is -4.64. The van der Waals surface area contributed by atoms with Crippen molar-refractivity contribution in [3.63, 3.8) is 0 Å². The lowest BCUT2D eigenvalue weighted by Crippen LogP contribution is -2.20. The molecular formula is C43H48N4O. The van der Waals surface area contributed by atoms with Crippen molar-refractivity contribution in [1.82, 2.24) is 19.3 Å². The summed E-state index contributed by atoms with van der Waals surface area (Å²) in [6, 6.07) is 25.8. The average Bonchev–Trinajstić information content (AvgIpc) is 3.53. The van der Waals surface area contributed by atoms with Gasteiger partial charge < -0.3 is 4.74 Å². The number of benzene rings is 3. The molecule has 3 heterocycles. The quantitative estimate of drug-likeness (QED) is 0.171. The zero-order chi connectivity index (χ0) is 33.9. The number of aromatic nitrogens is 4. The van der Waals surface area contributed by atoms with Gasteiger partial charge in [0, 0.05) is 46.3 Å². The van der Waals surface area contributed by atoms with Crippen molar-refractivity contribution in [2.24, 2.45) is 11.8 Å². The van der Waals surface area contributed by atoms with Gasteiger partial charge in [-0.2, -0.15) is 5.10 Å². The van der Waals surface area contributed by atoms with Gasteiger partial charge in [-0.1, -0.05) is 71.4 Å². The van der Waals surface area contributed by atoms with E-state index in [1.165, 1.54) is 45.2 Å². The molecule has 1 aliphatic carbocycles. The third-order valence-corrected chi connectivity index (χ3v) is 10.3. The van der Waals surface area contributed by atoms with Gasteiger partial charge in [0.15, 0.2) is 0 Å². The molecular weight excluding hydrogens is 589 g/mol. The van der Waals surface area contributed by atoms with E-state index in [0.29, 0.717) is 17.8 Å². The van der Waals surface area contributed by atoms with Crippen LogP contribution in [0.15, 0.2) is 90.6 Å². The second-order valence-corrected chi connectivity index (χ2v) is 15.0. The van der Waals surface area contributed by atoms with Crippen LogP contribution in [0.1, 0.15) is 88.9 Å². The molecule has 1 unspecified atom stereocenters. The van der Waals surface area contributed by atoms with Crippen LogP contribution in [0, 0.1) is 25.7 Å². The van der Waals surface area contributed by atoms with Gasteiger partial charge in [-0.05, 0) is 104 Å². The molecule has 7 rings (SSSR count). The monoisotopic (exact) mass is 636 g/mol. The van der Waals surface area contributed by atoms with Gasteiger partial charge in [0.25, 0.3) is 0 Å². The number of aryl methyl sites for hydroxylation is 2. The van der Waals surface area contributed by atoms with Gasteiger partial charge in [-0.25, -0.2) is 9.67 Å². The van der Waals surface area contributed by atoms with Crippen LogP contribution >= 0.6 is 0 Å². The van der Waals surface area contributed by atoms with Crippen LogP contribution in [-0.4, -0.2) is 19.3 Å². The van der Waals surface area contributed by atoms with Crippen LogP contribution in [0.3, 0.4) is 0 Å². The highest BCUT2D eigenvalue weighted by atomic mass is 16.5. The van der Waals surface area contributed by atoms with E-state index in [1.807, 2.05) is 6.20 Å². The van der Waals surface area contributed by atoms with E-state index >= 15 is 0 Å². The smallest absolute Gasteiger partial charge is 0.137 e. The Morgan fingerprint density at radius 1 is 0.854 bits per heavy atom. The van der Waals surface area contributed by atoms with E-state index in [1.54, 1.807) is 0 Å². The number of nitrogens with zero attached hydrogens (tertiary/aromatic N) is 4.